The van der Waals surface area contributed by atoms with Gasteiger partial charge < -0.3 is 28.5 Å². The minimum Gasteiger partial charge on any atom is -0.477 e. The van der Waals surface area contributed by atoms with Crippen LogP contribution in [0.1, 0.15) is 245 Å². The molecule has 0 fully saturated rings. The van der Waals surface area contributed by atoms with Gasteiger partial charge in [0.2, 0.25) is 0 Å². The second kappa shape index (κ2) is 58.1. The molecule has 2 atom stereocenters. The zero-order chi connectivity index (χ0) is 56.2. The summed E-state index contributed by atoms with van der Waals surface area (Å²) in [4.78, 5) is 37.3. The van der Waals surface area contributed by atoms with Gasteiger partial charge in [0.25, 0.3) is 6.29 Å². The number of hydrogen-bond donors (Lipinski definition) is 1. The van der Waals surface area contributed by atoms with E-state index in [1.54, 1.807) is 6.08 Å². The molecule has 440 valence electrons. The second-order valence-electron chi connectivity index (χ2n) is 21.6. The van der Waals surface area contributed by atoms with Crippen LogP contribution in [0.2, 0.25) is 0 Å². The molecular weight excluding hydrogens is 959 g/mol. The summed E-state index contributed by atoms with van der Waals surface area (Å²) in [5.41, 5.74) is 0. The molecule has 0 radical (unpaired) electrons. The molecule has 0 saturated heterocycles. The summed E-state index contributed by atoms with van der Waals surface area (Å²) in [6, 6.07) is 0. The molecule has 9 nitrogen and oxygen atoms in total. The Hall–Kier alpha value is -4.05. The lowest BCUT2D eigenvalue weighted by Crippen LogP contribution is -2.40. The first-order valence-electron chi connectivity index (χ1n) is 31.1. The Labute approximate surface area is 473 Å². The first-order chi connectivity index (χ1) is 37.6. The number of quaternary nitrogens is 1. The van der Waals surface area contributed by atoms with E-state index in [0.29, 0.717) is 17.4 Å². The number of carboxylic acid groups (broad SMARTS) is 1. The Morgan fingerprint density at radius 3 is 1.10 bits per heavy atom. The quantitative estimate of drug-likeness (QED) is 0.0211. The van der Waals surface area contributed by atoms with Gasteiger partial charge in [0.1, 0.15) is 13.2 Å². The molecule has 0 aliphatic heterocycles. The van der Waals surface area contributed by atoms with Crippen molar-refractivity contribution >= 4 is 17.9 Å². The van der Waals surface area contributed by atoms with Crippen LogP contribution < -0.4 is 0 Å². The maximum absolute atomic E-state index is 12.8. The fourth-order valence-electron chi connectivity index (χ4n) is 8.38. The molecule has 0 bridgehead atoms. The van der Waals surface area contributed by atoms with Crippen LogP contribution in [0.3, 0.4) is 0 Å². The number of ether oxygens (including phenoxy) is 4. The number of carbonyl (C=O) groups is 3. The largest absolute Gasteiger partial charge is 0.477 e. The van der Waals surface area contributed by atoms with Gasteiger partial charge in [-0.1, -0.05) is 264 Å². The fourth-order valence-corrected chi connectivity index (χ4v) is 8.38. The van der Waals surface area contributed by atoms with Crippen molar-refractivity contribution in [1.82, 2.24) is 0 Å². The van der Waals surface area contributed by atoms with Gasteiger partial charge in [0.15, 0.2) is 6.10 Å². The van der Waals surface area contributed by atoms with Crippen molar-refractivity contribution in [3.63, 3.8) is 0 Å². The van der Waals surface area contributed by atoms with Gasteiger partial charge in [-0.15, -0.1) is 0 Å². The summed E-state index contributed by atoms with van der Waals surface area (Å²) in [6.07, 6.45) is 78.2. The maximum atomic E-state index is 12.8. The fraction of sp³-hybridized carbons (Fsp3) is 0.691. The number of esters is 2. The molecule has 0 amide bonds. The molecule has 0 aliphatic rings. The van der Waals surface area contributed by atoms with E-state index in [0.717, 1.165) is 70.6 Å². The zero-order valence-corrected chi connectivity index (χ0v) is 50.1. The third-order valence-electron chi connectivity index (χ3n) is 13.1. The molecule has 0 rings (SSSR count). The van der Waals surface area contributed by atoms with Crippen LogP contribution in [0, 0.1) is 0 Å². The van der Waals surface area contributed by atoms with Crippen molar-refractivity contribution in [3.8, 4) is 0 Å². The van der Waals surface area contributed by atoms with E-state index in [4.69, 9.17) is 18.9 Å². The number of allylic oxidation sites excluding steroid dienone is 17. The Morgan fingerprint density at radius 1 is 0.403 bits per heavy atom. The van der Waals surface area contributed by atoms with E-state index in [1.165, 1.54) is 141 Å². The van der Waals surface area contributed by atoms with Crippen molar-refractivity contribution in [2.24, 2.45) is 0 Å². The molecule has 2 unspecified atom stereocenters. The number of carboxylic acids is 1. The van der Waals surface area contributed by atoms with Crippen LogP contribution in [0.25, 0.3) is 0 Å². The number of likely N-dealkylation sites (N-methyl/N-ethyl adjacent to an activating group) is 1. The molecule has 0 saturated carbocycles. The highest BCUT2D eigenvalue weighted by Crippen LogP contribution is 2.17. The molecule has 0 aromatic carbocycles. The first-order valence-corrected chi connectivity index (χ1v) is 31.1. The monoisotopic (exact) mass is 1070 g/mol. The SMILES string of the molecule is CC/C=C\C/C=C\C/C=C\C/C=C\C/C=C\CC(=O)OC(COC(=O)CCCCCCCCCCCCCCCCCCCCCCCCCC/C=C\C/C=C\C/C=C\C/C=C\CC)COC(OCC[N+](C)(C)C)C(=O)O. The highest BCUT2D eigenvalue weighted by molar-refractivity contribution is 5.72. The molecule has 0 aliphatic carbocycles. The van der Waals surface area contributed by atoms with Crippen molar-refractivity contribution in [3.05, 3.63) is 109 Å². The predicted octanol–water partition coefficient (Wildman–Crippen LogP) is 18.7. The average molecular weight is 1080 g/mol. The Balaban J connectivity index is 4.04. The Bertz CT molecular complexity index is 1630. The highest BCUT2D eigenvalue weighted by atomic mass is 16.7. The van der Waals surface area contributed by atoms with Crippen LogP contribution in [0.15, 0.2) is 109 Å². The molecule has 0 spiro atoms. The number of rotatable bonds is 56. The van der Waals surface area contributed by atoms with Gasteiger partial charge in [-0.2, -0.15) is 0 Å². The molecule has 0 aromatic rings. The molecule has 1 N–H and O–H groups in total. The van der Waals surface area contributed by atoms with Crippen LogP contribution in [-0.4, -0.2) is 87.4 Å². The van der Waals surface area contributed by atoms with Gasteiger partial charge >= 0.3 is 17.9 Å². The van der Waals surface area contributed by atoms with E-state index in [-0.39, 0.29) is 38.6 Å². The van der Waals surface area contributed by atoms with Gasteiger partial charge in [0, 0.05) is 6.42 Å². The lowest BCUT2D eigenvalue weighted by molar-refractivity contribution is -0.870. The second-order valence-corrected chi connectivity index (χ2v) is 21.6. The van der Waals surface area contributed by atoms with E-state index < -0.39 is 24.3 Å². The predicted molar refractivity (Wildman–Crippen MR) is 327 cm³/mol. The lowest BCUT2D eigenvalue weighted by Gasteiger charge is -2.25. The number of aliphatic carboxylic acids is 1. The van der Waals surface area contributed by atoms with Crippen LogP contribution in [0.5, 0.6) is 0 Å². The maximum Gasteiger partial charge on any atom is 0.361 e. The number of carbonyl (C=O) groups excluding carboxylic acids is 2. The third kappa shape index (κ3) is 59.5. The van der Waals surface area contributed by atoms with Crippen molar-refractivity contribution in [2.75, 3.05) is 47.5 Å². The molecular formula is C68H116NO8+. The van der Waals surface area contributed by atoms with E-state index >= 15 is 0 Å². The van der Waals surface area contributed by atoms with Gasteiger partial charge in [0.05, 0.1) is 40.8 Å². The summed E-state index contributed by atoms with van der Waals surface area (Å²) >= 11 is 0. The number of nitrogens with zero attached hydrogens (tertiary/aromatic N) is 1. The smallest absolute Gasteiger partial charge is 0.361 e. The van der Waals surface area contributed by atoms with E-state index in [1.807, 2.05) is 33.3 Å². The lowest BCUT2D eigenvalue weighted by atomic mass is 10.0. The first kappa shape index (κ1) is 73.0. The topological polar surface area (TPSA) is 108 Å². The van der Waals surface area contributed by atoms with Crippen molar-refractivity contribution < 1.29 is 42.9 Å². The normalized spacial score (nSPS) is 13.5. The van der Waals surface area contributed by atoms with Gasteiger partial charge in [-0.3, -0.25) is 9.59 Å². The summed E-state index contributed by atoms with van der Waals surface area (Å²) < 4.78 is 22.7. The van der Waals surface area contributed by atoms with E-state index in [2.05, 4.69) is 105 Å². The molecule has 9 heteroatoms. The molecule has 77 heavy (non-hydrogen) atoms. The van der Waals surface area contributed by atoms with Crippen LogP contribution in [0.4, 0.5) is 0 Å². The van der Waals surface area contributed by atoms with Gasteiger partial charge in [-0.25, -0.2) is 4.79 Å². The number of unbranched alkanes of at least 4 members (excludes halogenated alkanes) is 24. The molecule has 0 heterocycles. The van der Waals surface area contributed by atoms with Crippen molar-refractivity contribution in [2.45, 2.75) is 257 Å². The van der Waals surface area contributed by atoms with Crippen LogP contribution in [-0.2, 0) is 33.3 Å². The summed E-state index contributed by atoms with van der Waals surface area (Å²) in [5, 5.41) is 9.68. The van der Waals surface area contributed by atoms with Gasteiger partial charge in [-0.05, 0) is 77.0 Å². The Morgan fingerprint density at radius 2 is 0.740 bits per heavy atom. The Kier molecular flexibility index (Phi) is 55.1. The third-order valence-corrected chi connectivity index (χ3v) is 13.1. The van der Waals surface area contributed by atoms with Crippen molar-refractivity contribution in [1.29, 1.82) is 0 Å². The molecule has 0 aromatic heterocycles. The van der Waals surface area contributed by atoms with Crippen LogP contribution >= 0.6 is 0 Å². The zero-order valence-electron chi connectivity index (χ0n) is 50.1. The summed E-state index contributed by atoms with van der Waals surface area (Å²) in [7, 11) is 5.93. The minimum absolute atomic E-state index is 0.0252. The van der Waals surface area contributed by atoms with E-state index in [9.17, 15) is 19.5 Å². The summed E-state index contributed by atoms with van der Waals surface area (Å²) in [6.45, 7) is 4.54. The highest BCUT2D eigenvalue weighted by Gasteiger charge is 2.25. The standard InChI is InChI=1S/C68H115NO8/c1-6-8-10-12-14-16-18-20-22-23-24-25-26-27-28-29-30-31-32-33-34-35-36-37-38-39-40-41-42-43-45-46-48-50-52-54-56-58-65(70)75-62-64(63-76-68(67(72)73)74-61-60-69(3,4)5)77-66(71)59-57-55-53-51-49-47-44-21-19-17-15-13-11-9-7-2/h8-11,14-17,20-22,24-25,44,49,51,55,57,64,68H,6-7,12-13,18-19,23,26-43,45-48,50,52-54,56,58-63H2,1-5H3/p+1/b10-8-,11-9-,16-14-,17-15-,22-20-,25-24-,44-21-,51-49-,57-55-. The summed E-state index contributed by atoms with van der Waals surface area (Å²) in [5.74, 6) is -2.17. The minimum atomic E-state index is -1.54. The number of hydrogen-bond acceptors (Lipinski definition) is 7. The average Bonchev–Trinajstić information content (AvgIpc) is 3.40.